The molecule has 2 fully saturated rings. The van der Waals surface area contributed by atoms with Crippen molar-refractivity contribution in [3.05, 3.63) is 65.5 Å². The molecule has 2 heterocycles. The fourth-order valence-electron chi connectivity index (χ4n) is 4.67. The average molecular weight is 528 g/mol. The molecule has 2 amide bonds. The van der Waals surface area contributed by atoms with Gasteiger partial charge < -0.3 is 9.80 Å². The molecule has 36 heavy (non-hydrogen) atoms. The molecule has 2 aliphatic heterocycles. The lowest BCUT2D eigenvalue weighted by Gasteiger charge is -2.52. The summed E-state index contributed by atoms with van der Waals surface area (Å²) in [6.45, 7) is 3.14. The van der Waals surface area contributed by atoms with Gasteiger partial charge in [-0.05, 0) is 49.7 Å². The van der Waals surface area contributed by atoms with E-state index >= 15 is 0 Å². The number of carbonyl (C=O) groups is 2. The van der Waals surface area contributed by atoms with E-state index in [0.29, 0.717) is 11.6 Å². The van der Waals surface area contributed by atoms with E-state index in [0.717, 1.165) is 22.5 Å². The Labute approximate surface area is 206 Å². The SMILES string of the molecule is CC(C)N1CC2N(C(=O)CCN2S(=O)(=O)c2cccc(C(F)(F)F)c2)C(Cc2ccc(F)cc2)C1=O. The van der Waals surface area contributed by atoms with Crippen LogP contribution in [0.25, 0.3) is 0 Å². The van der Waals surface area contributed by atoms with Crippen molar-refractivity contribution in [3.8, 4) is 0 Å². The molecule has 0 aliphatic carbocycles. The van der Waals surface area contributed by atoms with Crippen molar-refractivity contribution in [1.29, 1.82) is 0 Å². The number of piperazine rings is 1. The van der Waals surface area contributed by atoms with Gasteiger partial charge >= 0.3 is 6.18 Å². The number of carbonyl (C=O) groups excluding carboxylic acids is 2. The van der Waals surface area contributed by atoms with E-state index in [1.165, 1.54) is 34.1 Å². The number of halogens is 4. The predicted octanol–water partition coefficient (Wildman–Crippen LogP) is 3.26. The zero-order valence-corrected chi connectivity index (χ0v) is 20.4. The number of hydrogen-bond donors (Lipinski definition) is 0. The second-order valence-electron chi connectivity index (χ2n) is 9.10. The van der Waals surface area contributed by atoms with Gasteiger partial charge in [0.1, 0.15) is 18.0 Å². The zero-order chi connectivity index (χ0) is 26.4. The second kappa shape index (κ2) is 9.47. The highest BCUT2D eigenvalue weighted by Gasteiger charge is 2.51. The highest BCUT2D eigenvalue weighted by Crippen LogP contribution is 2.34. The van der Waals surface area contributed by atoms with Crippen molar-refractivity contribution < 1.29 is 35.6 Å². The maximum atomic E-state index is 13.6. The van der Waals surface area contributed by atoms with E-state index in [2.05, 4.69) is 0 Å². The molecular formula is C24H25F4N3O4S. The monoisotopic (exact) mass is 527 g/mol. The Hall–Kier alpha value is -2.99. The fourth-order valence-corrected chi connectivity index (χ4v) is 6.29. The third-order valence-electron chi connectivity index (χ3n) is 6.49. The predicted molar refractivity (Wildman–Crippen MR) is 121 cm³/mol. The first-order valence-electron chi connectivity index (χ1n) is 11.4. The van der Waals surface area contributed by atoms with Gasteiger partial charge in [-0.3, -0.25) is 9.59 Å². The standard InChI is InChI=1S/C24H25F4N3O4S/c1-15(2)29-14-21-30(36(34,35)19-5-3-4-17(13-19)24(26,27)28)11-10-22(32)31(21)20(23(29)33)12-16-6-8-18(25)9-7-16/h3-9,13,15,20-21H,10-12,14H2,1-2H3. The molecule has 4 rings (SSSR count). The van der Waals surface area contributed by atoms with Gasteiger partial charge in [-0.25, -0.2) is 12.8 Å². The molecule has 0 N–H and O–H groups in total. The van der Waals surface area contributed by atoms with Crippen molar-refractivity contribution >= 4 is 21.8 Å². The molecular weight excluding hydrogens is 502 g/mol. The third-order valence-corrected chi connectivity index (χ3v) is 8.38. The summed E-state index contributed by atoms with van der Waals surface area (Å²) in [6.07, 6.45) is -6.04. The summed E-state index contributed by atoms with van der Waals surface area (Å²) in [4.78, 5) is 28.5. The van der Waals surface area contributed by atoms with E-state index in [9.17, 15) is 35.6 Å². The van der Waals surface area contributed by atoms with Crippen molar-refractivity contribution in [1.82, 2.24) is 14.1 Å². The summed E-state index contributed by atoms with van der Waals surface area (Å²) < 4.78 is 81.3. The van der Waals surface area contributed by atoms with E-state index < -0.39 is 50.6 Å². The number of hydrogen-bond acceptors (Lipinski definition) is 4. The van der Waals surface area contributed by atoms with E-state index in [-0.39, 0.29) is 37.9 Å². The van der Waals surface area contributed by atoms with Crippen LogP contribution in [-0.4, -0.2) is 65.7 Å². The lowest BCUT2D eigenvalue weighted by Crippen LogP contribution is -2.72. The Kier molecular flexibility index (Phi) is 6.86. The molecule has 2 aromatic rings. The number of sulfonamides is 1. The Morgan fingerprint density at radius 3 is 2.33 bits per heavy atom. The zero-order valence-electron chi connectivity index (χ0n) is 19.6. The average Bonchev–Trinajstić information content (AvgIpc) is 2.81. The smallest absolute Gasteiger partial charge is 0.335 e. The number of rotatable bonds is 5. The van der Waals surface area contributed by atoms with Gasteiger partial charge in [0.25, 0.3) is 0 Å². The lowest BCUT2D eigenvalue weighted by molar-refractivity contribution is -0.166. The molecule has 0 spiro atoms. The van der Waals surface area contributed by atoms with Gasteiger partial charge in [-0.2, -0.15) is 17.5 Å². The Morgan fingerprint density at radius 2 is 1.72 bits per heavy atom. The molecule has 0 saturated carbocycles. The van der Waals surface area contributed by atoms with Crippen LogP contribution in [-0.2, 0) is 32.2 Å². The van der Waals surface area contributed by atoms with Gasteiger partial charge in [-0.15, -0.1) is 0 Å². The molecule has 2 aromatic carbocycles. The van der Waals surface area contributed by atoms with Gasteiger partial charge in [0.15, 0.2) is 0 Å². The van der Waals surface area contributed by atoms with E-state index in [4.69, 9.17) is 0 Å². The Morgan fingerprint density at radius 1 is 1.06 bits per heavy atom. The van der Waals surface area contributed by atoms with Crippen LogP contribution in [0.1, 0.15) is 31.4 Å². The van der Waals surface area contributed by atoms with Crippen LogP contribution < -0.4 is 0 Å². The fraction of sp³-hybridized carbons (Fsp3) is 0.417. The number of alkyl halides is 3. The van der Waals surface area contributed by atoms with E-state index in [1.807, 2.05) is 0 Å². The Bertz CT molecular complexity index is 1260. The van der Waals surface area contributed by atoms with Crippen molar-refractivity contribution in [2.75, 3.05) is 13.1 Å². The van der Waals surface area contributed by atoms with Crippen LogP contribution in [0.15, 0.2) is 53.4 Å². The van der Waals surface area contributed by atoms with Gasteiger partial charge in [0.05, 0.1) is 17.0 Å². The van der Waals surface area contributed by atoms with Crippen LogP contribution in [0.3, 0.4) is 0 Å². The first-order valence-corrected chi connectivity index (χ1v) is 12.8. The number of fused-ring (bicyclic) bond motifs is 1. The summed E-state index contributed by atoms with van der Waals surface area (Å²) in [5, 5.41) is 0. The normalized spacial score (nSPS) is 21.8. The summed E-state index contributed by atoms with van der Waals surface area (Å²) in [6, 6.07) is 7.49. The quantitative estimate of drug-likeness (QED) is 0.560. The number of benzene rings is 2. The lowest BCUT2D eigenvalue weighted by atomic mass is 9.97. The summed E-state index contributed by atoms with van der Waals surface area (Å²) in [7, 11) is -4.46. The third kappa shape index (κ3) is 4.83. The first-order chi connectivity index (χ1) is 16.8. The molecule has 12 heteroatoms. The summed E-state index contributed by atoms with van der Waals surface area (Å²) in [5.74, 6) is -1.28. The van der Waals surface area contributed by atoms with Gasteiger partial charge in [0, 0.05) is 25.4 Å². The molecule has 194 valence electrons. The summed E-state index contributed by atoms with van der Waals surface area (Å²) >= 11 is 0. The Balaban J connectivity index is 1.75. The summed E-state index contributed by atoms with van der Waals surface area (Å²) in [5.41, 5.74) is -0.532. The minimum absolute atomic E-state index is 0.0298. The number of amides is 2. The second-order valence-corrected chi connectivity index (χ2v) is 11.0. The first kappa shape index (κ1) is 26.1. The van der Waals surface area contributed by atoms with Crippen LogP contribution in [0.2, 0.25) is 0 Å². The molecule has 2 aliphatic rings. The number of nitrogens with zero attached hydrogens (tertiary/aromatic N) is 3. The van der Waals surface area contributed by atoms with Crippen LogP contribution in [0.4, 0.5) is 17.6 Å². The molecule has 2 saturated heterocycles. The maximum Gasteiger partial charge on any atom is 0.416 e. The topological polar surface area (TPSA) is 78.0 Å². The van der Waals surface area contributed by atoms with E-state index in [1.54, 1.807) is 13.8 Å². The van der Waals surface area contributed by atoms with Gasteiger partial charge in [-0.1, -0.05) is 18.2 Å². The minimum atomic E-state index is -4.73. The maximum absolute atomic E-state index is 13.6. The highest BCUT2D eigenvalue weighted by atomic mass is 32.2. The molecule has 0 aromatic heterocycles. The van der Waals surface area contributed by atoms with Crippen LogP contribution in [0.5, 0.6) is 0 Å². The van der Waals surface area contributed by atoms with Crippen molar-refractivity contribution in [2.24, 2.45) is 0 Å². The van der Waals surface area contributed by atoms with Crippen LogP contribution in [0, 0.1) is 5.82 Å². The van der Waals surface area contributed by atoms with Crippen molar-refractivity contribution in [3.63, 3.8) is 0 Å². The molecule has 2 unspecified atom stereocenters. The largest absolute Gasteiger partial charge is 0.416 e. The molecule has 7 nitrogen and oxygen atoms in total. The molecule has 0 radical (unpaired) electrons. The van der Waals surface area contributed by atoms with Crippen LogP contribution >= 0.6 is 0 Å². The molecule has 2 atom stereocenters. The van der Waals surface area contributed by atoms with Gasteiger partial charge in [0.2, 0.25) is 21.8 Å². The van der Waals surface area contributed by atoms with Crippen molar-refractivity contribution in [2.45, 2.75) is 56.0 Å². The highest BCUT2D eigenvalue weighted by molar-refractivity contribution is 7.89. The minimum Gasteiger partial charge on any atom is -0.335 e. The molecule has 0 bridgehead atoms.